The van der Waals surface area contributed by atoms with Crippen molar-refractivity contribution in [1.82, 2.24) is 39.8 Å². The molecule has 3 aliphatic heterocycles. The number of ether oxygens (including phenoxy) is 6. The highest BCUT2D eigenvalue weighted by atomic mass is 35.5. The van der Waals surface area contributed by atoms with Gasteiger partial charge in [-0.15, -0.1) is 46.4 Å². The molecule has 3 saturated heterocycles. The molecule has 3 fully saturated rings. The number of thiazole rings is 3. The lowest BCUT2D eigenvalue weighted by molar-refractivity contribution is -0.186. The van der Waals surface area contributed by atoms with Gasteiger partial charge in [0.2, 0.25) is 0 Å². The van der Waals surface area contributed by atoms with Crippen molar-refractivity contribution in [2.75, 3.05) is 59.1 Å². The summed E-state index contributed by atoms with van der Waals surface area (Å²) in [6.07, 6.45) is -41.9. The molecule has 56 heteroatoms. The molecule has 4 aromatic heterocycles. The summed E-state index contributed by atoms with van der Waals surface area (Å²) >= 11 is 2.94. The van der Waals surface area contributed by atoms with Crippen molar-refractivity contribution in [3.63, 3.8) is 0 Å². The van der Waals surface area contributed by atoms with E-state index in [-0.39, 0.29) is 130 Å². The maximum atomic E-state index is 15.2. The highest BCUT2D eigenvalue weighted by Gasteiger charge is 2.45. The number of nitriles is 1. The first-order chi connectivity index (χ1) is 63.9. The van der Waals surface area contributed by atoms with Crippen molar-refractivity contribution in [3.05, 3.63) is 197 Å². The largest absolute Gasteiger partial charge is 0.485 e. The van der Waals surface area contributed by atoms with E-state index in [4.69, 9.17) is 45.1 Å². The summed E-state index contributed by atoms with van der Waals surface area (Å²) in [5.41, 5.74) is 3.25. The third kappa shape index (κ3) is 31.4. The maximum Gasteiger partial charge on any atom is 0.439 e. The van der Waals surface area contributed by atoms with Crippen LogP contribution in [0.15, 0.2) is 124 Å². The number of rotatable bonds is 26. The number of likely N-dealkylation sites (tertiary alicyclic amines) is 3. The smallest absolute Gasteiger partial charge is 0.439 e. The zero-order valence-corrected chi connectivity index (χ0v) is 73.1. The number of hydrogen-bond donors (Lipinski definition) is 5. The number of benzene rings is 6. The molecule has 10 aromatic rings. The number of aromatic nitrogens is 5. The van der Waals surface area contributed by atoms with E-state index in [1.54, 1.807) is 14.7 Å². The van der Waals surface area contributed by atoms with Crippen LogP contribution in [0.3, 0.4) is 0 Å². The molecule has 0 radical (unpaired) electrons. The number of H-pyrrole nitrogens is 1. The van der Waals surface area contributed by atoms with E-state index in [2.05, 4.69) is 45.4 Å². The number of aromatic amines is 1. The molecule has 7 heterocycles. The molecule has 22 nitrogen and oxygen atoms in total. The summed E-state index contributed by atoms with van der Waals surface area (Å²) in [6.45, 7) is -5.88. The van der Waals surface area contributed by atoms with Gasteiger partial charge in [0.25, 0.3) is 0 Å². The molecule has 7 N–H and O–H groups in total. The second-order valence-corrected chi connectivity index (χ2v) is 33.4. The van der Waals surface area contributed by atoms with Crippen LogP contribution in [-0.4, -0.2) is 152 Å². The highest BCUT2D eigenvalue weighted by Crippen LogP contribution is 2.45. The molecule has 0 unspecified atom stereocenters. The average molecular weight is 2090 g/mol. The predicted molar refractivity (Wildman–Crippen MR) is 433 cm³/mol. The summed E-state index contributed by atoms with van der Waals surface area (Å²) in [4.78, 5) is 33.1. The average Bonchev–Trinajstić information content (AvgIpc) is 1.61. The van der Waals surface area contributed by atoms with Crippen molar-refractivity contribution in [3.8, 4) is 83.7 Å². The number of nitrogens with one attached hydrogen (secondary N) is 1. The molecular formula is C82H71ClF30N12O10S3. The molecule has 0 spiro atoms. The van der Waals surface area contributed by atoms with Gasteiger partial charge in [-0.05, 0) is 132 Å². The molecule has 0 amide bonds. The van der Waals surface area contributed by atoms with Crippen molar-refractivity contribution >= 4 is 52.3 Å². The van der Waals surface area contributed by atoms with E-state index in [1.165, 1.54) is 42.5 Å². The van der Waals surface area contributed by atoms with Crippen molar-refractivity contribution < 1.29 is 175 Å². The van der Waals surface area contributed by atoms with E-state index < -0.39 is 210 Å². The Hall–Kier alpha value is -11.3. The molecule has 0 aliphatic carbocycles. The number of nitrogens with zero attached hydrogens (tertiary/aromatic N) is 9. The summed E-state index contributed by atoms with van der Waals surface area (Å²) < 4.78 is 430. The van der Waals surface area contributed by atoms with Crippen LogP contribution in [-0.2, 0) is 58.0 Å². The Morgan fingerprint density at radius 3 is 1.03 bits per heavy atom. The number of hydrogen-bond acceptors (Lipinski definition) is 23. The van der Waals surface area contributed by atoms with Gasteiger partial charge in [-0.3, -0.25) is 24.2 Å². The Bertz CT molecular complexity index is 5810. The number of amidine groups is 1. The minimum absolute atomic E-state index is 0. The van der Waals surface area contributed by atoms with Gasteiger partial charge in [0.05, 0.1) is 82.8 Å². The lowest BCUT2D eigenvalue weighted by Gasteiger charge is -2.32. The summed E-state index contributed by atoms with van der Waals surface area (Å²) in [5.74, 6) is -9.80. The predicted octanol–water partition coefficient (Wildman–Crippen LogP) is 22.9. The third-order valence-corrected chi connectivity index (χ3v) is 23.9. The number of piperidine rings is 3. The van der Waals surface area contributed by atoms with E-state index >= 15 is 4.39 Å². The maximum absolute atomic E-state index is 15.2. The van der Waals surface area contributed by atoms with Gasteiger partial charge in [0, 0.05) is 54.5 Å². The minimum Gasteiger partial charge on any atom is -0.485 e. The Morgan fingerprint density at radius 1 is 0.442 bits per heavy atom. The SMILES string of the molecule is Cl.N#Cc1cc(F)c(OCc2sc(-c3ccc(C(F)(F)F)cc3)nc2CN2CCC(C(F)(F)F)CC2)cc1OCC(F)(F)F.NC(=NO)c1cc(F)c(OCc2sc(-c3ccc(C(F)(F)F)cc3)nc2CN2CCC(C(F)(F)F)CC2)cc1OCC(F)(F)F.NO.O=c1[nH]c(-c2cc(F)c(OCc3sc(-c4ccc(C(F)(F)F)cc4)nc3CN3CCC(C(F)(F)F)CC3)cc2OCC(F)(F)F)no1. The first kappa shape index (κ1) is 110. The zero-order valence-electron chi connectivity index (χ0n) is 69.8. The molecule has 138 heavy (non-hydrogen) atoms. The summed E-state index contributed by atoms with van der Waals surface area (Å²) in [5, 5.41) is 31.3. The van der Waals surface area contributed by atoms with Gasteiger partial charge in [-0.25, -0.2) is 38.8 Å². The van der Waals surface area contributed by atoms with Crippen LogP contribution in [0.2, 0.25) is 0 Å². The molecule has 13 rings (SSSR count). The van der Waals surface area contributed by atoms with Gasteiger partial charge in [-0.2, -0.15) is 124 Å². The highest BCUT2D eigenvalue weighted by molar-refractivity contribution is 7.15. The van der Waals surface area contributed by atoms with E-state index in [0.717, 1.165) is 88.6 Å². The van der Waals surface area contributed by atoms with Crippen LogP contribution < -0.4 is 45.8 Å². The van der Waals surface area contributed by atoms with Crippen molar-refractivity contribution in [2.24, 2.45) is 34.5 Å². The summed E-state index contributed by atoms with van der Waals surface area (Å²) in [6, 6.07) is 18.2. The van der Waals surface area contributed by atoms with Gasteiger partial charge in [-0.1, -0.05) is 46.7 Å². The zero-order chi connectivity index (χ0) is 101. The fraction of sp³-hybridized carbons (Fsp3) is 0.402. The topological polar surface area (TPSA) is 291 Å². The quantitative estimate of drug-likeness (QED) is 0.0111. The second kappa shape index (κ2) is 45.7. The molecule has 3 aliphatic rings. The summed E-state index contributed by atoms with van der Waals surface area (Å²) in [7, 11) is 0. The Morgan fingerprint density at radius 2 is 0.739 bits per heavy atom. The third-order valence-electron chi connectivity index (χ3n) is 20.5. The first-order valence-electron chi connectivity index (χ1n) is 39.5. The second-order valence-electron chi connectivity index (χ2n) is 30.1. The Kier molecular flexibility index (Phi) is 36.6. The number of nitrogens with two attached hydrogens (primary N) is 2. The number of oxime groups is 1. The van der Waals surface area contributed by atoms with Crippen LogP contribution in [0.4, 0.5) is 132 Å². The van der Waals surface area contributed by atoms with Gasteiger partial charge < -0.3 is 44.6 Å². The Balaban J connectivity index is 0.000000229. The molecule has 0 saturated carbocycles. The van der Waals surface area contributed by atoms with Crippen LogP contribution in [0.1, 0.15) is 98.1 Å². The molecule has 0 bridgehead atoms. The Labute approximate surface area is 776 Å². The van der Waals surface area contributed by atoms with Crippen LogP contribution in [0, 0.1) is 46.5 Å². The van der Waals surface area contributed by atoms with E-state index in [1.807, 2.05) is 0 Å². The van der Waals surface area contributed by atoms with Gasteiger partial charge >= 0.3 is 61.3 Å². The normalized spacial score (nSPS) is 15.2. The molecule has 754 valence electrons. The fourth-order valence-corrected chi connectivity index (χ4v) is 16.6. The van der Waals surface area contributed by atoms with Gasteiger partial charge in [0.15, 0.2) is 66.2 Å². The molecule has 0 atom stereocenters. The van der Waals surface area contributed by atoms with Gasteiger partial charge in [0.1, 0.15) is 58.2 Å². The number of halogens is 31. The van der Waals surface area contributed by atoms with E-state index in [9.17, 15) is 132 Å². The molecular weight excluding hydrogens is 2010 g/mol. The van der Waals surface area contributed by atoms with Crippen LogP contribution in [0.25, 0.3) is 43.1 Å². The fourth-order valence-electron chi connectivity index (χ4n) is 13.6. The van der Waals surface area contributed by atoms with Crippen molar-refractivity contribution in [1.29, 1.82) is 5.26 Å². The lowest BCUT2D eigenvalue weighted by atomic mass is 9.96. The lowest BCUT2D eigenvalue weighted by Crippen LogP contribution is -2.38. The van der Waals surface area contributed by atoms with Crippen LogP contribution >= 0.6 is 46.4 Å². The monoisotopic (exact) mass is 2080 g/mol. The van der Waals surface area contributed by atoms with E-state index in [0.29, 0.717) is 66.6 Å². The van der Waals surface area contributed by atoms with Crippen molar-refractivity contribution in [2.45, 2.75) is 134 Å². The number of alkyl halides is 27. The standard InChI is InChI=1S/C28H22F10N4O4S.C27H24F10N4O3S.C27H21F10N3O2S.ClH.H3NO/c29-18-9-17(23-40-25(43)46-41-23)20(45-13-26(30,31)32)10-21(18)44-12-22-19(11-42-7-5-16(6-8-42)28(36,37)38)39-24(47-22)14-1-3-15(4-2-14)27(33,34)35;28-18-9-17(23(38)40-42)20(44-13-25(29,30)31)10-21(18)43-12-22-19(11-41-7-5-16(6-8-41)27(35,36)37)39-24(45-22)14-1-3-15(4-2-14)26(32,33)34;28-19-9-16(11-38)21(42-14-25(29,30)31)10-22(19)41-13-23-20(12-40-7-5-18(6-8-40)27(35,36)37)39-24(43-23)15-1-3-17(4-2-15)26(32,33)34;;1-2/h1-4,9-10,16H,5-8,11-13H2,(H,40,41,43);1-4,9-10,16,42H,5-8,11-13H2,(H2,38,40);1-4,9-10,18H,5-8,12-14H2;1H;2H,1H2. The first-order valence-corrected chi connectivity index (χ1v) is 41.9. The molecule has 6 aromatic carbocycles. The van der Waals surface area contributed by atoms with Crippen LogP contribution in [0.5, 0.6) is 34.5 Å². The minimum atomic E-state index is -4.79.